The van der Waals surface area contributed by atoms with Gasteiger partial charge >= 0.3 is 0 Å². The second-order valence-electron chi connectivity index (χ2n) is 4.92. The van der Waals surface area contributed by atoms with Crippen LogP contribution in [0.5, 0.6) is 11.5 Å². The molecule has 0 saturated carbocycles. The number of hydrogen-bond donors (Lipinski definition) is 0. The first-order chi connectivity index (χ1) is 11.2. The molecule has 0 spiro atoms. The Kier molecular flexibility index (Phi) is 4.22. The van der Waals surface area contributed by atoms with Crippen molar-refractivity contribution < 1.29 is 4.74 Å². The number of aryl methyl sites for hydroxylation is 1. The van der Waals surface area contributed by atoms with Crippen molar-refractivity contribution in [3.05, 3.63) is 71.1 Å². The molecular weight excluding hydrogens is 310 g/mol. The molecule has 3 aromatic rings. The Hall–Kier alpha value is -2.90. The smallest absolute Gasteiger partial charge is 0.146 e. The number of benzene rings is 2. The van der Waals surface area contributed by atoms with E-state index in [0.29, 0.717) is 33.3 Å². The summed E-state index contributed by atoms with van der Waals surface area (Å²) < 4.78 is 5.85. The maximum absolute atomic E-state index is 9.55. The molecule has 1 aromatic heterocycles. The lowest BCUT2D eigenvalue weighted by molar-refractivity contribution is 0.481. The van der Waals surface area contributed by atoms with Gasteiger partial charge in [0.2, 0.25) is 0 Å². The van der Waals surface area contributed by atoms with Gasteiger partial charge in [-0.2, -0.15) is 5.26 Å². The van der Waals surface area contributed by atoms with Crippen LogP contribution in [0.2, 0.25) is 5.02 Å². The van der Waals surface area contributed by atoms with Gasteiger partial charge in [-0.15, -0.1) is 0 Å². The first kappa shape index (κ1) is 15.0. The third kappa shape index (κ3) is 3.15. The first-order valence-corrected chi connectivity index (χ1v) is 7.30. The molecule has 0 bridgehead atoms. The van der Waals surface area contributed by atoms with Crippen molar-refractivity contribution in [3.8, 4) is 28.8 Å². The van der Waals surface area contributed by atoms with E-state index >= 15 is 0 Å². The molecule has 23 heavy (non-hydrogen) atoms. The van der Waals surface area contributed by atoms with Crippen LogP contribution in [0.25, 0.3) is 11.3 Å². The topological polar surface area (TPSA) is 58.8 Å². The molecule has 0 unspecified atom stereocenters. The number of nitrogens with zero attached hydrogens (tertiary/aromatic N) is 3. The third-order valence-electron chi connectivity index (χ3n) is 3.30. The van der Waals surface area contributed by atoms with E-state index < -0.39 is 0 Å². The Morgan fingerprint density at radius 1 is 1.13 bits per heavy atom. The number of ether oxygens (including phenoxy) is 1. The Labute approximate surface area is 139 Å². The van der Waals surface area contributed by atoms with Crippen LogP contribution in [0, 0.1) is 18.3 Å². The average Bonchev–Trinajstić information content (AvgIpc) is 2.58. The molecule has 0 aliphatic rings. The van der Waals surface area contributed by atoms with Gasteiger partial charge < -0.3 is 4.74 Å². The van der Waals surface area contributed by atoms with Crippen molar-refractivity contribution in [1.82, 2.24) is 9.97 Å². The zero-order valence-electron chi connectivity index (χ0n) is 12.3. The predicted octanol–water partition coefficient (Wildman–Crippen LogP) is 4.77. The van der Waals surface area contributed by atoms with Crippen LogP contribution >= 0.6 is 11.6 Å². The van der Waals surface area contributed by atoms with Gasteiger partial charge in [0.15, 0.2) is 0 Å². The highest BCUT2D eigenvalue weighted by Crippen LogP contribution is 2.35. The summed E-state index contributed by atoms with van der Waals surface area (Å²) >= 11 is 6.20. The molecule has 112 valence electrons. The van der Waals surface area contributed by atoms with Crippen LogP contribution < -0.4 is 4.74 Å². The van der Waals surface area contributed by atoms with Crippen molar-refractivity contribution in [2.24, 2.45) is 0 Å². The summed E-state index contributed by atoms with van der Waals surface area (Å²) in [6.07, 6.45) is 3.08. The van der Waals surface area contributed by atoms with Gasteiger partial charge in [0.05, 0.1) is 10.7 Å². The van der Waals surface area contributed by atoms with E-state index in [1.165, 1.54) is 6.33 Å². The molecule has 4 nitrogen and oxygen atoms in total. The van der Waals surface area contributed by atoms with E-state index in [-0.39, 0.29) is 0 Å². The molecule has 0 aliphatic carbocycles. The van der Waals surface area contributed by atoms with Crippen molar-refractivity contribution in [3.63, 3.8) is 0 Å². The van der Waals surface area contributed by atoms with Gasteiger partial charge in [-0.3, -0.25) is 0 Å². The van der Waals surface area contributed by atoms with Crippen LogP contribution in [0.15, 0.2) is 55.0 Å². The van der Waals surface area contributed by atoms with Crippen molar-refractivity contribution in [2.75, 3.05) is 0 Å². The molecule has 5 heteroatoms. The van der Waals surface area contributed by atoms with E-state index in [0.717, 1.165) is 5.56 Å². The minimum Gasteiger partial charge on any atom is -0.454 e. The highest BCUT2D eigenvalue weighted by atomic mass is 35.5. The maximum Gasteiger partial charge on any atom is 0.146 e. The van der Waals surface area contributed by atoms with Gasteiger partial charge in [0, 0.05) is 11.8 Å². The Morgan fingerprint density at radius 3 is 2.70 bits per heavy atom. The average molecular weight is 322 g/mol. The molecule has 2 aromatic carbocycles. The summed E-state index contributed by atoms with van der Waals surface area (Å²) in [6.45, 7) is 1.95. The fraction of sp³-hybridized carbons (Fsp3) is 0.0556. The summed E-state index contributed by atoms with van der Waals surface area (Å²) in [7, 11) is 0. The van der Waals surface area contributed by atoms with E-state index in [4.69, 9.17) is 16.3 Å². The summed E-state index contributed by atoms with van der Waals surface area (Å²) in [6, 6.07) is 14.8. The largest absolute Gasteiger partial charge is 0.454 e. The second kappa shape index (κ2) is 6.47. The van der Waals surface area contributed by atoms with Gasteiger partial charge in [0.25, 0.3) is 0 Å². The molecule has 0 aliphatic heterocycles. The highest BCUT2D eigenvalue weighted by molar-refractivity contribution is 6.32. The molecule has 0 fully saturated rings. The number of nitriles is 1. The van der Waals surface area contributed by atoms with Crippen molar-refractivity contribution in [1.29, 1.82) is 5.26 Å². The Bertz CT molecular complexity index is 889. The lowest BCUT2D eigenvalue weighted by atomic mass is 10.0. The summed E-state index contributed by atoms with van der Waals surface area (Å²) in [4.78, 5) is 8.08. The SMILES string of the molecule is Cc1ccc(Oc2cccc(-c3ccncn3)c2C#N)c(Cl)c1. The molecule has 1 heterocycles. The first-order valence-electron chi connectivity index (χ1n) is 6.92. The zero-order chi connectivity index (χ0) is 16.2. The lowest BCUT2D eigenvalue weighted by Gasteiger charge is -2.12. The Morgan fingerprint density at radius 2 is 2.00 bits per heavy atom. The van der Waals surface area contributed by atoms with Crippen molar-refractivity contribution in [2.45, 2.75) is 6.92 Å². The van der Waals surface area contributed by atoms with Crippen LogP contribution in [-0.4, -0.2) is 9.97 Å². The lowest BCUT2D eigenvalue weighted by Crippen LogP contribution is -1.94. The fourth-order valence-corrected chi connectivity index (χ4v) is 2.48. The summed E-state index contributed by atoms with van der Waals surface area (Å²) in [5.74, 6) is 0.947. The molecule has 0 amide bonds. The van der Waals surface area contributed by atoms with E-state index in [1.54, 1.807) is 24.4 Å². The summed E-state index contributed by atoms with van der Waals surface area (Å²) in [5, 5.41) is 10.0. The minimum atomic E-state index is 0.405. The number of halogens is 1. The van der Waals surface area contributed by atoms with Gasteiger partial charge in [0.1, 0.15) is 29.5 Å². The normalized spacial score (nSPS) is 10.1. The second-order valence-corrected chi connectivity index (χ2v) is 5.33. The maximum atomic E-state index is 9.55. The fourth-order valence-electron chi connectivity index (χ4n) is 2.20. The number of aromatic nitrogens is 2. The molecular formula is C18H12ClN3O. The van der Waals surface area contributed by atoms with Crippen LogP contribution in [0.4, 0.5) is 0 Å². The van der Waals surface area contributed by atoms with E-state index in [2.05, 4.69) is 16.0 Å². The standard InChI is InChI=1S/C18H12ClN3O/c1-12-5-6-18(15(19)9-12)23-17-4-2-3-13(14(17)10-20)16-7-8-21-11-22-16/h2-9,11H,1H3. The van der Waals surface area contributed by atoms with Crippen molar-refractivity contribution >= 4 is 11.6 Å². The van der Waals surface area contributed by atoms with Crippen LogP contribution in [0.1, 0.15) is 11.1 Å². The van der Waals surface area contributed by atoms with Gasteiger partial charge in [-0.05, 0) is 36.8 Å². The molecule has 3 rings (SSSR count). The molecule has 0 radical (unpaired) electrons. The number of hydrogen-bond acceptors (Lipinski definition) is 4. The molecule has 0 saturated heterocycles. The Balaban J connectivity index is 2.05. The summed E-state index contributed by atoms with van der Waals surface area (Å²) in [5.41, 5.74) is 2.80. The predicted molar refractivity (Wildman–Crippen MR) is 88.4 cm³/mol. The zero-order valence-corrected chi connectivity index (χ0v) is 13.1. The molecule has 0 N–H and O–H groups in total. The van der Waals surface area contributed by atoms with Gasteiger partial charge in [-0.1, -0.05) is 29.8 Å². The monoisotopic (exact) mass is 321 g/mol. The van der Waals surface area contributed by atoms with E-state index in [1.807, 2.05) is 31.2 Å². The quantitative estimate of drug-likeness (QED) is 0.697. The van der Waals surface area contributed by atoms with Crippen LogP contribution in [-0.2, 0) is 0 Å². The van der Waals surface area contributed by atoms with Gasteiger partial charge in [-0.25, -0.2) is 9.97 Å². The minimum absolute atomic E-state index is 0.405. The van der Waals surface area contributed by atoms with Crippen LogP contribution in [0.3, 0.4) is 0 Å². The van der Waals surface area contributed by atoms with E-state index in [9.17, 15) is 5.26 Å². The number of rotatable bonds is 3. The third-order valence-corrected chi connectivity index (χ3v) is 3.60. The molecule has 0 atom stereocenters. The highest BCUT2D eigenvalue weighted by Gasteiger charge is 2.13.